The zero-order valence-corrected chi connectivity index (χ0v) is 14.9. The molecule has 3 rings (SSSR count). The molecule has 2 aromatic rings. The van der Waals surface area contributed by atoms with E-state index in [1.807, 2.05) is 17.8 Å². The lowest BCUT2D eigenvalue weighted by Gasteiger charge is -2.37. The Hall–Kier alpha value is -2.15. The van der Waals surface area contributed by atoms with E-state index in [1.54, 1.807) is 13.4 Å². The second-order valence-electron chi connectivity index (χ2n) is 6.46. The molecule has 130 valence electrons. The summed E-state index contributed by atoms with van der Waals surface area (Å²) in [7, 11) is 5.72. The molecule has 1 fully saturated rings. The highest BCUT2D eigenvalue weighted by molar-refractivity contribution is 5.41. The van der Waals surface area contributed by atoms with Crippen molar-refractivity contribution in [1.29, 1.82) is 0 Å². The van der Waals surface area contributed by atoms with Gasteiger partial charge in [-0.3, -0.25) is 9.58 Å². The van der Waals surface area contributed by atoms with E-state index in [0.717, 1.165) is 31.1 Å². The normalized spacial score (nSPS) is 18.6. The van der Waals surface area contributed by atoms with Gasteiger partial charge in [-0.1, -0.05) is 0 Å². The van der Waals surface area contributed by atoms with Gasteiger partial charge in [0.25, 0.3) is 0 Å². The van der Waals surface area contributed by atoms with Crippen molar-refractivity contribution in [3.63, 3.8) is 0 Å². The van der Waals surface area contributed by atoms with Crippen LogP contribution in [0.25, 0.3) is 0 Å². The van der Waals surface area contributed by atoms with E-state index < -0.39 is 0 Å². The maximum absolute atomic E-state index is 5.21. The molecule has 1 aliphatic rings. The Morgan fingerprint density at radius 2 is 2.17 bits per heavy atom. The monoisotopic (exact) mass is 330 g/mol. The van der Waals surface area contributed by atoms with Crippen LogP contribution in [0.15, 0.2) is 18.5 Å². The minimum absolute atomic E-state index is 0.433. The van der Waals surface area contributed by atoms with E-state index in [4.69, 9.17) is 4.74 Å². The van der Waals surface area contributed by atoms with Crippen molar-refractivity contribution in [2.45, 2.75) is 32.4 Å². The highest BCUT2D eigenvalue weighted by atomic mass is 16.5. The predicted molar refractivity (Wildman–Crippen MR) is 93.2 cm³/mol. The molecule has 2 aromatic heterocycles. The molecule has 1 atom stereocenters. The molecule has 0 radical (unpaired) electrons. The number of anilines is 1. The summed E-state index contributed by atoms with van der Waals surface area (Å²) in [5.74, 6) is 1.51. The fourth-order valence-corrected chi connectivity index (χ4v) is 3.25. The van der Waals surface area contributed by atoms with E-state index in [9.17, 15) is 0 Å². The first-order chi connectivity index (χ1) is 11.6. The van der Waals surface area contributed by atoms with Crippen LogP contribution in [0.5, 0.6) is 5.88 Å². The lowest BCUT2D eigenvalue weighted by atomic mass is 10.0. The molecule has 0 amide bonds. The van der Waals surface area contributed by atoms with Gasteiger partial charge in [-0.15, -0.1) is 0 Å². The van der Waals surface area contributed by atoms with E-state index in [2.05, 4.69) is 44.9 Å². The number of nitrogens with zero attached hydrogens (tertiary/aromatic N) is 6. The van der Waals surface area contributed by atoms with Gasteiger partial charge in [-0.05, 0) is 32.4 Å². The molecule has 1 saturated heterocycles. The molecule has 3 heterocycles. The van der Waals surface area contributed by atoms with Crippen LogP contribution in [0, 0.1) is 6.92 Å². The van der Waals surface area contributed by atoms with Gasteiger partial charge >= 0.3 is 0 Å². The van der Waals surface area contributed by atoms with Crippen molar-refractivity contribution in [3.8, 4) is 5.88 Å². The minimum Gasteiger partial charge on any atom is -0.481 e. The summed E-state index contributed by atoms with van der Waals surface area (Å²) in [4.78, 5) is 13.2. The first-order valence-corrected chi connectivity index (χ1v) is 8.37. The number of methoxy groups -OCH3 is 1. The maximum atomic E-state index is 5.21. The number of aromatic nitrogens is 4. The summed E-state index contributed by atoms with van der Waals surface area (Å²) in [6, 6.07) is 4.49. The fraction of sp³-hybridized carbons (Fsp3) is 0.588. The van der Waals surface area contributed by atoms with Crippen molar-refractivity contribution in [2.24, 2.45) is 7.05 Å². The summed E-state index contributed by atoms with van der Waals surface area (Å²) in [6.07, 6.45) is 3.91. The number of likely N-dealkylation sites (N-methyl/N-ethyl adjacent to an activating group) is 1. The smallest absolute Gasteiger partial charge is 0.218 e. The summed E-state index contributed by atoms with van der Waals surface area (Å²) in [5.41, 5.74) is 2.34. The Bertz CT molecular complexity index is 666. The molecule has 7 heteroatoms. The van der Waals surface area contributed by atoms with Gasteiger partial charge in [0.1, 0.15) is 12.1 Å². The highest BCUT2D eigenvalue weighted by Crippen LogP contribution is 2.22. The van der Waals surface area contributed by atoms with Gasteiger partial charge in [-0.2, -0.15) is 5.10 Å². The van der Waals surface area contributed by atoms with E-state index in [-0.39, 0.29) is 0 Å². The highest BCUT2D eigenvalue weighted by Gasteiger charge is 2.25. The Morgan fingerprint density at radius 1 is 1.33 bits per heavy atom. The van der Waals surface area contributed by atoms with Gasteiger partial charge in [-0.25, -0.2) is 9.97 Å². The molecule has 24 heavy (non-hydrogen) atoms. The Kier molecular flexibility index (Phi) is 4.99. The molecule has 0 N–H and O–H groups in total. The van der Waals surface area contributed by atoms with Crippen LogP contribution in [0.2, 0.25) is 0 Å². The minimum atomic E-state index is 0.433. The van der Waals surface area contributed by atoms with Crippen LogP contribution >= 0.6 is 0 Å². The number of aryl methyl sites for hydroxylation is 2. The zero-order chi connectivity index (χ0) is 17.1. The summed E-state index contributed by atoms with van der Waals surface area (Å²) < 4.78 is 7.15. The molecule has 0 spiro atoms. The fourth-order valence-electron chi connectivity index (χ4n) is 3.25. The molecule has 0 aromatic carbocycles. The number of piperidine rings is 1. The SMILES string of the molecule is COc1cc(N(C)C2CCCN(Cc3cc(C)n(C)n3)C2)ncn1. The number of likely N-dealkylation sites (tertiary alicyclic amines) is 1. The average Bonchev–Trinajstić information content (AvgIpc) is 2.92. The molecule has 0 saturated carbocycles. The van der Waals surface area contributed by atoms with Crippen LogP contribution in [0.1, 0.15) is 24.2 Å². The third-order valence-corrected chi connectivity index (χ3v) is 4.78. The number of ether oxygens (including phenoxy) is 1. The lowest BCUT2D eigenvalue weighted by Crippen LogP contribution is -2.46. The van der Waals surface area contributed by atoms with Crippen LogP contribution in [-0.2, 0) is 13.6 Å². The summed E-state index contributed by atoms with van der Waals surface area (Å²) >= 11 is 0. The topological polar surface area (TPSA) is 59.3 Å². The van der Waals surface area contributed by atoms with E-state index in [1.165, 1.54) is 18.5 Å². The predicted octanol–water partition coefficient (Wildman–Crippen LogP) is 1.63. The number of hydrogen-bond donors (Lipinski definition) is 0. The molecule has 0 bridgehead atoms. The van der Waals surface area contributed by atoms with E-state index in [0.29, 0.717) is 11.9 Å². The van der Waals surface area contributed by atoms with Crippen LogP contribution < -0.4 is 9.64 Å². The quantitative estimate of drug-likeness (QED) is 0.830. The first kappa shape index (κ1) is 16.7. The van der Waals surface area contributed by atoms with Gasteiger partial charge in [0, 0.05) is 45.0 Å². The number of hydrogen-bond acceptors (Lipinski definition) is 6. The maximum Gasteiger partial charge on any atom is 0.218 e. The van der Waals surface area contributed by atoms with Gasteiger partial charge in [0.2, 0.25) is 5.88 Å². The molecule has 7 nitrogen and oxygen atoms in total. The molecule has 0 aliphatic carbocycles. The lowest BCUT2D eigenvalue weighted by molar-refractivity contribution is 0.196. The van der Waals surface area contributed by atoms with Crippen molar-refractivity contribution < 1.29 is 4.74 Å². The number of rotatable bonds is 5. The van der Waals surface area contributed by atoms with Crippen molar-refractivity contribution >= 4 is 5.82 Å². The van der Waals surface area contributed by atoms with Gasteiger partial charge < -0.3 is 9.64 Å². The largest absolute Gasteiger partial charge is 0.481 e. The summed E-state index contributed by atoms with van der Waals surface area (Å²) in [5, 5.41) is 4.58. The van der Waals surface area contributed by atoms with Crippen LogP contribution in [-0.4, -0.2) is 57.9 Å². The van der Waals surface area contributed by atoms with Crippen LogP contribution in [0.3, 0.4) is 0 Å². The Labute approximate surface area is 143 Å². The van der Waals surface area contributed by atoms with Crippen LogP contribution in [0.4, 0.5) is 5.82 Å². The molecule has 1 aliphatic heterocycles. The standard InChI is InChI=1S/C17H26N6O/c1-13-8-14(20-22(13)3)10-23-7-5-6-15(11-23)21(2)16-9-17(24-4)19-12-18-16/h8-9,12,15H,5-7,10-11H2,1-4H3. The molecule has 1 unspecified atom stereocenters. The summed E-state index contributed by atoms with van der Waals surface area (Å²) in [6.45, 7) is 5.12. The first-order valence-electron chi connectivity index (χ1n) is 8.37. The second kappa shape index (κ2) is 7.17. The van der Waals surface area contributed by atoms with E-state index >= 15 is 0 Å². The van der Waals surface area contributed by atoms with Gasteiger partial charge in [0.15, 0.2) is 0 Å². The average molecular weight is 330 g/mol. The molecular formula is C17H26N6O. The van der Waals surface area contributed by atoms with Crippen molar-refractivity contribution in [1.82, 2.24) is 24.6 Å². The third-order valence-electron chi connectivity index (χ3n) is 4.78. The van der Waals surface area contributed by atoms with Crippen molar-refractivity contribution in [2.75, 3.05) is 32.1 Å². The Morgan fingerprint density at radius 3 is 2.88 bits per heavy atom. The molecular weight excluding hydrogens is 304 g/mol. The Balaban J connectivity index is 1.65. The zero-order valence-electron chi connectivity index (χ0n) is 14.9. The van der Waals surface area contributed by atoms with Crippen molar-refractivity contribution in [3.05, 3.63) is 29.8 Å². The third kappa shape index (κ3) is 3.67. The second-order valence-corrected chi connectivity index (χ2v) is 6.46. The van der Waals surface area contributed by atoms with Gasteiger partial charge in [0.05, 0.1) is 12.8 Å².